The van der Waals surface area contributed by atoms with Gasteiger partial charge in [-0.15, -0.1) is 0 Å². The first-order valence-electron chi connectivity index (χ1n) is 5.48. The van der Waals surface area contributed by atoms with Gasteiger partial charge in [0.1, 0.15) is 6.61 Å². The molecular weight excluding hydrogens is 222 g/mol. The molecular formula is C12H19NO4. The largest absolute Gasteiger partial charge is 0.493 e. The number of hydroxylamine groups is 1. The fourth-order valence-corrected chi connectivity index (χ4v) is 1.21. The molecule has 1 aromatic rings. The standard InChI is InChI=1S/C12H19NO4/c1-14-9-10-17-13-7-8-16-12-6-4-3-5-11(12)15-2/h3-6,13H,7-10H2,1-2H3. The van der Waals surface area contributed by atoms with Gasteiger partial charge >= 0.3 is 0 Å². The van der Waals surface area contributed by atoms with Crippen molar-refractivity contribution in [2.75, 3.05) is 40.6 Å². The number of para-hydroxylation sites is 2. The van der Waals surface area contributed by atoms with Crippen LogP contribution in [-0.2, 0) is 9.57 Å². The second-order valence-electron chi connectivity index (χ2n) is 3.23. The normalized spacial score (nSPS) is 10.2. The van der Waals surface area contributed by atoms with Crippen LogP contribution < -0.4 is 15.0 Å². The molecule has 5 heteroatoms. The number of nitrogens with one attached hydrogen (secondary N) is 1. The monoisotopic (exact) mass is 241 g/mol. The van der Waals surface area contributed by atoms with Gasteiger partial charge in [-0.1, -0.05) is 12.1 Å². The topological polar surface area (TPSA) is 49.0 Å². The molecule has 96 valence electrons. The molecule has 0 heterocycles. The second-order valence-corrected chi connectivity index (χ2v) is 3.23. The number of rotatable bonds is 9. The van der Waals surface area contributed by atoms with E-state index < -0.39 is 0 Å². The minimum absolute atomic E-state index is 0.507. The Bertz CT molecular complexity index is 306. The Morgan fingerprint density at radius 1 is 1.00 bits per heavy atom. The third-order valence-corrected chi connectivity index (χ3v) is 2.02. The Balaban J connectivity index is 2.13. The van der Waals surface area contributed by atoms with Crippen molar-refractivity contribution in [2.45, 2.75) is 0 Å². The lowest BCUT2D eigenvalue weighted by Gasteiger charge is -2.10. The smallest absolute Gasteiger partial charge is 0.161 e. The van der Waals surface area contributed by atoms with Crippen molar-refractivity contribution in [2.24, 2.45) is 0 Å². The van der Waals surface area contributed by atoms with E-state index in [2.05, 4.69) is 5.48 Å². The number of ether oxygens (including phenoxy) is 3. The van der Waals surface area contributed by atoms with Crippen LogP contribution >= 0.6 is 0 Å². The molecule has 1 rings (SSSR count). The van der Waals surface area contributed by atoms with Gasteiger partial charge in [0.15, 0.2) is 11.5 Å². The van der Waals surface area contributed by atoms with Crippen molar-refractivity contribution in [3.05, 3.63) is 24.3 Å². The van der Waals surface area contributed by atoms with Crippen LogP contribution in [0.1, 0.15) is 0 Å². The quantitative estimate of drug-likeness (QED) is 0.520. The summed E-state index contributed by atoms with van der Waals surface area (Å²) in [5, 5.41) is 0. The average molecular weight is 241 g/mol. The first kappa shape index (κ1) is 13.8. The van der Waals surface area contributed by atoms with Crippen molar-refractivity contribution >= 4 is 0 Å². The van der Waals surface area contributed by atoms with Crippen LogP contribution in [0.15, 0.2) is 24.3 Å². The second kappa shape index (κ2) is 8.81. The maximum absolute atomic E-state index is 5.54. The molecule has 0 aliphatic carbocycles. The van der Waals surface area contributed by atoms with Gasteiger partial charge in [0.2, 0.25) is 0 Å². The Morgan fingerprint density at radius 3 is 2.47 bits per heavy atom. The lowest BCUT2D eigenvalue weighted by molar-refractivity contribution is 0.00248. The first-order chi connectivity index (χ1) is 8.38. The molecule has 5 nitrogen and oxygen atoms in total. The number of benzene rings is 1. The van der Waals surface area contributed by atoms with Gasteiger partial charge in [0.25, 0.3) is 0 Å². The lowest BCUT2D eigenvalue weighted by atomic mass is 10.3. The van der Waals surface area contributed by atoms with Crippen LogP contribution in [0.4, 0.5) is 0 Å². The van der Waals surface area contributed by atoms with E-state index in [0.29, 0.717) is 26.4 Å². The van der Waals surface area contributed by atoms with E-state index in [1.165, 1.54) is 0 Å². The highest BCUT2D eigenvalue weighted by molar-refractivity contribution is 5.39. The molecule has 0 amide bonds. The summed E-state index contributed by atoms with van der Waals surface area (Å²) in [5.74, 6) is 1.46. The summed E-state index contributed by atoms with van der Waals surface area (Å²) in [6.45, 7) is 2.20. The number of methoxy groups -OCH3 is 2. The predicted molar refractivity (Wildman–Crippen MR) is 64.3 cm³/mol. The van der Waals surface area contributed by atoms with Gasteiger partial charge in [0.05, 0.1) is 26.9 Å². The zero-order valence-electron chi connectivity index (χ0n) is 10.3. The molecule has 0 spiro atoms. The highest BCUT2D eigenvalue weighted by Gasteiger charge is 2.01. The van der Waals surface area contributed by atoms with Crippen LogP contribution in [0, 0.1) is 0 Å². The molecule has 0 aliphatic rings. The SMILES string of the molecule is COCCONCCOc1ccccc1OC. The van der Waals surface area contributed by atoms with Gasteiger partial charge in [0, 0.05) is 7.11 Å². The predicted octanol–water partition coefficient (Wildman–Crippen LogP) is 1.24. The van der Waals surface area contributed by atoms with Crippen LogP contribution in [0.3, 0.4) is 0 Å². The third-order valence-electron chi connectivity index (χ3n) is 2.02. The molecule has 1 N–H and O–H groups in total. The van der Waals surface area contributed by atoms with Crippen molar-refractivity contribution in [3.63, 3.8) is 0 Å². The lowest BCUT2D eigenvalue weighted by Crippen LogP contribution is -2.23. The maximum Gasteiger partial charge on any atom is 0.161 e. The van der Waals surface area contributed by atoms with E-state index in [-0.39, 0.29) is 0 Å². The summed E-state index contributed by atoms with van der Waals surface area (Å²) in [7, 11) is 3.25. The van der Waals surface area contributed by atoms with Crippen LogP contribution in [0.5, 0.6) is 11.5 Å². The van der Waals surface area contributed by atoms with Crippen molar-refractivity contribution in [1.29, 1.82) is 0 Å². The van der Waals surface area contributed by atoms with E-state index >= 15 is 0 Å². The summed E-state index contributed by atoms with van der Waals surface area (Å²) in [6, 6.07) is 7.53. The van der Waals surface area contributed by atoms with Crippen LogP contribution in [0.25, 0.3) is 0 Å². The van der Waals surface area contributed by atoms with Crippen molar-refractivity contribution in [3.8, 4) is 11.5 Å². The van der Waals surface area contributed by atoms with Gasteiger partial charge in [-0.2, -0.15) is 5.48 Å². The summed E-state index contributed by atoms with van der Waals surface area (Å²) in [4.78, 5) is 5.08. The molecule has 17 heavy (non-hydrogen) atoms. The number of hydrogen-bond donors (Lipinski definition) is 1. The molecule has 0 fully saturated rings. The Hall–Kier alpha value is -1.30. The fourth-order valence-electron chi connectivity index (χ4n) is 1.21. The van der Waals surface area contributed by atoms with Gasteiger partial charge < -0.3 is 14.2 Å². The molecule has 0 saturated heterocycles. The molecule has 0 atom stereocenters. The zero-order valence-corrected chi connectivity index (χ0v) is 10.3. The molecule has 0 bridgehead atoms. The summed E-state index contributed by atoms with van der Waals surface area (Å²) < 4.78 is 15.5. The van der Waals surface area contributed by atoms with Crippen LogP contribution in [-0.4, -0.2) is 40.6 Å². The maximum atomic E-state index is 5.54. The molecule has 0 radical (unpaired) electrons. The number of hydrogen-bond acceptors (Lipinski definition) is 5. The van der Waals surface area contributed by atoms with Crippen molar-refractivity contribution in [1.82, 2.24) is 5.48 Å². The molecule has 0 aromatic heterocycles. The fraction of sp³-hybridized carbons (Fsp3) is 0.500. The van der Waals surface area contributed by atoms with E-state index in [4.69, 9.17) is 19.0 Å². The average Bonchev–Trinajstić information content (AvgIpc) is 2.38. The van der Waals surface area contributed by atoms with Gasteiger partial charge in [-0.25, -0.2) is 0 Å². The first-order valence-corrected chi connectivity index (χ1v) is 5.48. The summed E-state index contributed by atoms with van der Waals surface area (Å²) in [5.41, 5.74) is 2.78. The molecule has 0 aliphatic heterocycles. The highest BCUT2D eigenvalue weighted by atomic mass is 16.7. The molecule has 0 saturated carbocycles. The summed E-state index contributed by atoms with van der Waals surface area (Å²) in [6.07, 6.45) is 0. The van der Waals surface area contributed by atoms with Gasteiger partial charge in [-0.3, -0.25) is 4.84 Å². The Morgan fingerprint density at radius 2 is 1.76 bits per heavy atom. The Kier molecular flexibility index (Phi) is 7.13. The van der Waals surface area contributed by atoms with E-state index in [1.807, 2.05) is 24.3 Å². The molecule has 1 aromatic carbocycles. The minimum atomic E-state index is 0.507. The van der Waals surface area contributed by atoms with E-state index in [0.717, 1.165) is 11.5 Å². The minimum Gasteiger partial charge on any atom is -0.493 e. The van der Waals surface area contributed by atoms with Crippen molar-refractivity contribution < 1.29 is 19.0 Å². The van der Waals surface area contributed by atoms with E-state index in [1.54, 1.807) is 14.2 Å². The highest BCUT2D eigenvalue weighted by Crippen LogP contribution is 2.25. The molecule has 0 unspecified atom stereocenters. The van der Waals surface area contributed by atoms with Crippen LogP contribution in [0.2, 0.25) is 0 Å². The van der Waals surface area contributed by atoms with E-state index in [9.17, 15) is 0 Å². The van der Waals surface area contributed by atoms with Gasteiger partial charge in [-0.05, 0) is 12.1 Å². The Labute approximate surface area is 102 Å². The zero-order chi connectivity index (χ0) is 12.3. The summed E-state index contributed by atoms with van der Waals surface area (Å²) >= 11 is 0. The third kappa shape index (κ3) is 5.53.